The van der Waals surface area contributed by atoms with Crippen LogP contribution in [0.3, 0.4) is 0 Å². The lowest BCUT2D eigenvalue weighted by Gasteiger charge is -2.20. The van der Waals surface area contributed by atoms with Gasteiger partial charge < -0.3 is 10.2 Å². The number of alkyl halides is 5. The molecule has 6 nitrogen and oxygen atoms in total. The summed E-state index contributed by atoms with van der Waals surface area (Å²) >= 11 is 0. The van der Waals surface area contributed by atoms with Crippen molar-refractivity contribution in [1.82, 2.24) is 20.2 Å². The van der Waals surface area contributed by atoms with Gasteiger partial charge in [-0.25, -0.2) is 13.8 Å². The summed E-state index contributed by atoms with van der Waals surface area (Å²) in [5, 5.41) is 1.89. The van der Waals surface area contributed by atoms with Crippen molar-refractivity contribution in [2.45, 2.75) is 24.6 Å². The van der Waals surface area contributed by atoms with Gasteiger partial charge in [-0.3, -0.25) is 14.6 Å². The third kappa shape index (κ3) is 4.62. The van der Waals surface area contributed by atoms with Crippen molar-refractivity contribution >= 4 is 11.8 Å². The molecule has 1 fully saturated rings. The predicted molar refractivity (Wildman–Crippen MR) is 107 cm³/mol. The highest BCUT2D eigenvalue weighted by molar-refractivity contribution is 6.07. The SMILES string of the molecule is O=C(NC(c1ccccn1)C(F)(F)F)c1nc(C(=O)N2CCC(F)(F)C2)c2cccccc1-2. The van der Waals surface area contributed by atoms with E-state index >= 15 is 0 Å². The molecule has 2 aliphatic heterocycles. The van der Waals surface area contributed by atoms with E-state index in [1.165, 1.54) is 36.5 Å². The minimum absolute atomic E-state index is 0.119. The molecule has 0 bridgehead atoms. The molecule has 1 saturated heterocycles. The van der Waals surface area contributed by atoms with Crippen LogP contribution in [0, 0.1) is 0 Å². The first-order valence-electron chi connectivity index (χ1n) is 9.91. The third-order valence-electron chi connectivity index (χ3n) is 5.23. The second-order valence-electron chi connectivity index (χ2n) is 7.58. The molecule has 0 radical (unpaired) electrons. The number of nitrogens with zero attached hydrogens (tertiary/aromatic N) is 3. The molecule has 33 heavy (non-hydrogen) atoms. The van der Waals surface area contributed by atoms with Gasteiger partial charge in [-0.1, -0.05) is 36.4 Å². The molecule has 0 spiro atoms. The molecule has 1 aromatic rings. The van der Waals surface area contributed by atoms with Crippen LogP contribution in [-0.2, 0) is 0 Å². The molecule has 1 aliphatic carbocycles. The van der Waals surface area contributed by atoms with Gasteiger partial charge >= 0.3 is 6.18 Å². The second-order valence-corrected chi connectivity index (χ2v) is 7.58. The smallest absolute Gasteiger partial charge is 0.334 e. The van der Waals surface area contributed by atoms with E-state index in [0.717, 1.165) is 11.0 Å². The molecule has 0 saturated carbocycles. The number of likely N-dealkylation sites (tertiary alicyclic amines) is 1. The Morgan fingerprint density at radius 1 is 1.00 bits per heavy atom. The third-order valence-corrected chi connectivity index (χ3v) is 5.23. The van der Waals surface area contributed by atoms with E-state index in [0.29, 0.717) is 0 Å². The Bertz CT molecular complexity index is 1150. The summed E-state index contributed by atoms with van der Waals surface area (Å²) in [6.45, 7) is -0.993. The van der Waals surface area contributed by atoms with Crippen molar-refractivity contribution in [1.29, 1.82) is 0 Å². The zero-order valence-electron chi connectivity index (χ0n) is 16.9. The predicted octanol–water partition coefficient (Wildman–Crippen LogP) is 4.10. The van der Waals surface area contributed by atoms with Crippen LogP contribution in [0.1, 0.15) is 39.1 Å². The Hall–Kier alpha value is -3.63. The van der Waals surface area contributed by atoms with E-state index in [1.807, 2.05) is 5.32 Å². The Morgan fingerprint density at radius 2 is 1.67 bits per heavy atom. The normalized spacial score (nSPS) is 16.6. The van der Waals surface area contributed by atoms with E-state index in [9.17, 15) is 31.5 Å². The lowest BCUT2D eigenvalue weighted by atomic mass is 10.1. The number of halogens is 5. The molecule has 1 aromatic heterocycles. The Balaban J connectivity index is 1.71. The van der Waals surface area contributed by atoms with Gasteiger partial charge in [-0.2, -0.15) is 13.2 Å². The zero-order chi connectivity index (χ0) is 23.8. The number of fused-ring (bicyclic) bond motifs is 1. The van der Waals surface area contributed by atoms with Crippen molar-refractivity contribution < 1.29 is 31.5 Å². The Kier molecular flexibility index (Phi) is 5.73. The maximum Gasteiger partial charge on any atom is 0.414 e. The number of carbonyl (C=O) groups is 2. The van der Waals surface area contributed by atoms with Crippen LogP contribution in [0.25, 0.3) is 11.1 Å². The number of aromatic nitrogens is 2. The molecule has 1 N–H and O–H groups in total. The zero-order valence-corrected chi connectivity index (χ0v) is 16.9. The molecule has 2 amide bonds. The monoisotopic (exact) mass is 464 g/mol. The van der Waals surface area contributed by atoms with E-state index in [1.54, 1.807) is 12.1 Å². The maximum absolute atomic E-state index is 13.7. The molecule has 11 heteroatoms. The Labute approximate surface area is 184 Å². The topological polar surface area (TPSA) is 75.2 Å². The maximum atomic E-state index is 13.7. The number of amides is 2. The van der Waals surface area contributed by atoms with Gasteiger partial charge in [0, 0.05) is 30.3 Å². The van der Waals surface area contributed by atoms with Gasteiger partial charge in [-0.05, 0) is 12.1 Å². The van der Waals surface area contributed by atoms with Crippen LogP contribution < -0.4 is 5.32 Å². The van der Waals surface area contributed by atoms with Crippen molar-refractivity contribution in [2.24, 2.45) is 0 Å². The van der Waals surface area contributed by atoms with Crippen LogP contribution >= 0.6 is 0 Å². The first-order valence-corrected chi connectivity index (χ1v) is 9.91. The summed E-state index contributed by atoms with van der Waals surface area (Å²) in [7, 11) is 0. The molecule has 3 aliphatic rings. The fourth-order valence-electron chi connectivity index (χ4n) is 3.66. The minimum atomic E-state index is -4.85. The first-order chi connectivity index (χ1) is 15.6. The van der Waals surface area contributed by atoms with Crippen molar-refractivity contribution in [3.63, 3.8) is 0 Å². The summed E-state index contributed by atoms with van der Waals surface area (Å²) in [5.41, 5.74) is -0.818. The summed E-state index contributed by atoms with van der Waals surface area (Å²) in [6, 6.07) is 9.05. The fourth-order valence-corrected chi connectivity index (χ4v) is 3.66. The molecular formula is C22H17F5N4O2. The Morgan fingerprint density at radius 3 is 2.24 bits per heavy atom. The quantitative estimate of drug-likeness (QED) is 0.590. The average Bonchev–Trinajstić information content (AvgIpc) is 3.21. The van der Waals surface area contributed by atoms with E-state index in [4.69, 9.17) is 0 Å². The number of pyridine rings is 1. The minimum Gasteiger partial charge on any atom is -0.334 e. The second kappa shape index (κ2) is 8.38. The standard InChI is InChI=1S/C22H17F5N4O2/c23-21(24)9-11-31(12-21)20(33)17-14-7-3-1-2-6-13(14)16(29-17)19(32)30-18(22(25,26)27)15-8-4-5-10-28-15/h1-8,10,18H,9,11-12H2,(H,30,32). The molecule has 172 valence electrons. The highest BCUT2D eigenvalue weighted by Crippen LogP contribution is 2.35. The number of hydrogen-bond acceptors (Lipinski definition) is 4. The van der Waals surface area contributed by atoms with Gasteiger partial charge in [-0.15, -0.1) is 0 Å². The number of hydrogen-bond donors (Lipinski definition) is 1. The van der Waals surface area contributed by atoms with E-state index in [2.05, 4.69) is 9.97 Å². The summed E-state index contributed by atoms with van der Waals surface area (Å²) in [6.07, 6.45) is -4.19. The summed E-state index contributed by atoms with van der Waals surface area (Å²) < 4.78 is 68.2. The van der Waals surface area contributed by atoms with Gasteiger partial charge in [0.2, 0.25) is 0 Å². The molecule has 1 unspecified atom stereocenters. The van der Waals surface area contributed by atoms with Crippen molar-refractivity contribution in [2.75, 3.05) is 13.1 Å². The van der Waals surface area contributed by atoms with Crippen LogP contribution in [0.15, 0.2) is 54.7 Å². The molecule has 4 rings (SSSR count). The van der Waals surface area contributed by atoms with Gasteiger partial charge in [0.25, 0.3) is 17.7 Å². The molecule has 1 atom stereocenters. The van der Waals surface area contributed by atoms with Crippen LogP contribution in [0.5, 0.6) is 0 Å². The number of carbonyl (C=O) groups excluding carboxylic acids is 2. The van der Waals surface area contributed by atoms with Crippen LogP contribution in [-0.4, -0.2) is 51.9 Å². The van der Waals surface area contributed by atoms with E-state index < -0.39 is 54.3 Å². The van der Waals surface area contributed by atoms with Crippen LogP contribution in [0.2, 0.25) is 0 Å². The molecule has 0 aromatic carbocycles. The van der Waals surface area contributed by atoms with Crippen molar-refractivity contribution in [3.05, 3.63) is 71.8 Å². The van der Waals surface area contributed by atoms with E-state index in [-0.39, 0.29) is 23.4 Å². The van der Waals surface area contributed by atoms with Gasteiger partial charge in [0.05, 0.1) is 12.2 Å². The molecule has 3 heterocycles. The number of rotatable bonds is 4. The van der Waals surface area contributed by atoms with Crippen LogP contribution in [0.4, 0.5) is 22.0 Å². The van der Waals surface area contributed by atoms with Crippen molar-refractivity contribution in [3.8, 4) is 11.1 Å². The van der Waals surface area contributed by atoms with Gasteiger partial charge in [0.15, 0.2) is 6.04 Å². The summed E-state index contributed by atoms with van der Waals surface area (Å²) in [4.78, 5) is 34.4. The largest absolute Gasteiger partial charge is 0.414 e. The lowest BCUT2D eigenvalue weighted by molar-refractivity contribution is -0.156. The summed E-state index contributed by atoms with van der Waals surface area (Å²) in [5.74, 6) is -5.03. The van der Waals surface area contributed by atoms with Gasteiger partial charge in [0.1, 0.15) is 11.4 Å². The molecular weight excluding hydrogens is 447 g/mol. The highest BCUT2D eigenvalue weighted by Gasteiger charge is 2.44. The first kappa shape index (κ1) is 22.6. The number of nitrogens with one attached hydrogen (secondary N) is 1. The highest BCUT2D eigenvalue weighted by atomic mass is 19.4. The fraction of sp³-hybridized carbons (Fsp3) is 0.273. The average molecular weight is 464 g/mol. The lowest BCUT2D eigenvalue weighted by Crippen LogP contribution is -2.39.